The Bertz CT molecular complexity index is 1150. The smallest absolute Gasteiger partial charge is 0.261 e. The lowest BCUT2D eigenvalue weighted by Crippen LogP contribution is -2.18. The highest BCUT2D eigenvalue weighted by molar-refractivity contribution is 5.97. The number of amides is 1. The van der Waals surface area contributed by atoms with Crippen LogP contribution in [0.1, 0.15) is 27.7 Å². The molecule has 0 aliphatic heterocycles. The normalized spacial score (nSPS) is 20.0. The van der Waals surface area contributed by atoms with E-state index in [0.717, 1.165) is 0 Å². The Morgan fingerprint density at radius 3 is 2.79 bits per heavy atom. The van der Waals surface area contributed by atoms with E-state index in [1.807, 2.05) is 24.3 Å². The molecule has 1 aliphatic rings. The van der Waals surface area contributed by atoms with Crippen LogP contribution in [0.5, 0.6) is 0 Å². The summed E-state index contributed by atoms with van der Waals surface area (Å²) in [5.41, 5.74) is 2.65. The molecule has 0 spiro atoms. The monoisotopic (exact) mass is 377 g/mol. The van der Waals surface area contributed by atoms with Crippen molar-refractivity contribution in [3.05, 3.63) is 58.8 Å². The fourth-order valence-electron chi connectivity index (χ4n) is 3.86. The minimum Gasteiger partial charge on any atom is -0.324 e. The van der Waals surface area contributed by atoms with Crippen LogP contribution in [0.3, 0.4) is 0 Å². The van der Waals surface area contributed by atoms with Crippen LogP contribution in [0.25, 0.3) is 16.7 Å². The summed E-state index contributed by atoms with van der Waals surface area (Å²) in [4.78, 5) is 31.7. The molecule has 2 N–H and O–H groups in total. The number of para-hydroxylation sites is 2. The second-order valence-corrected chi connectivity index (χ2v) is 8.10. The van der Waals surface area contributed by atoms with Crippen molar-refractivity contribution in [2.24, 2.45) is 17.3 Å². The van der Waals surface area contributed by atoms with Crippen molar-refractivity contribution in [3.8, 4) is 5.69 Å². The first-order valence-electron chi connectivity index (χ1n) is 9.27. The van der Waals surface area contributed by atoms with E-state index in [1.54, 1.807) is 4.68 Å². The van der Waals surface area contributed by atoms with Gasteiger partial charge in [-0.2, -0.15) is 5.10 Å². The van der Waals surface area contributed by atoms with Crippen molar-refractivity contribution < 1.29 is 4.79 Å². The van der Waals surface area contributed by atoms with Gasteiger partial charge in [-0.05, 0) is 37.3 Å². The van der Waals surface area contributed by atoms with Gasteiger partial charge in [-0.15, -0.1) is 0 Å². The number of aromatic amines is 1. The molecule has 4 rings (SSSR count). The highest BCUT2D eigenvalue weighted by Crippen LogP contribution is 2.59. The van der Waals surface area contributed by atoms with E-state index in [1.165, 1.54) is 18.1 Å². The predicted molar refractivity (Wildman–Crippen MR) is 108 cm³/mol. The molecule has 1 aliphatic carbocycles. The summed E-state index contributed by atoms with van der Waals surface area (Å²) < 4.78 is 1.58. The van der Waals surface area contributed by atoms with Crippen molar-refractivity contribution in [2.75, 3.05) is 5.32 Å². The SMILES string of the molecule is CC(C)=CC1C(C(=O)Nc2ccccc2-n2ncc3c(=O)[nH]cnc32)C1(C)C. The highest BCUT2D eigenvalue weighted by atomic mass is 16.2. The molecule has 0 bridgehead atoms. The number of hydrogen-bond acceptors (Lipinski definition) is 4. The van der Waals surface area contributed by atoms with Gasteiger partial charge in [-0.25, -0.2) is 9.67 Å². The lowest BCUT2D eigenvalue weighted by Gasteiger charge is -2.12. The average molecular weight is 377 g/mol. The fraction of sp³-hybridized carbons (Fsp3) is 0.333. The van der Waals surface area contributed by atoms with Gasteiger partial charge in [0.15, 0.2) is 5.65 Å². The number of carbonyl (C=O) groups excluding carboxylic acids is 1. The first-order valence-corrected chi connectivity index (χ1v) is 9.27. The van der Waals surface area contributed by atoms with E-state index < -0.39 is 0 Å². The van der Waals surface area contributed by atoms with Crippen LogP contribution < -0.4 is 10.9 Å². The number of aromatic nitrogens is 4. The Kier molecular flexibility index (Phi) is 4.18. The largest absolute Gasteiger partial charge is 0.324 e. The molecule has 7 heteroatoms. The first kappa shape index (κ1) is 18.2. The molecule has 144 valence electrons. The number of hydrogen-bond donors (Lipinski definition) is 2. The number of nitrogens with one attached hydrogen (secondary N) is 2. The number of carbonyl (C=O) groups is 1. The molecular formula is C21H23N5O2. The van der Waals surface area contributed by atoms with Gasteiger partial charge in [0.1, 0.15) is 5.39 Å². The molecule has 2 atom stereocenters. The Hall–Kier alpha value is -3.22. The van der Waals surface area contributed by atoms with Crippen LogP contribution in [-0.4, -0.2) is 25.7 Å². The summed E-state index contributed by atoms with van der Waals surface area (Å²) >= 11 is 0. The van der Waals surface area contributed by atoms with Gasteiger partial charge in [0.2, 0.25) is 5.91 Å². The molecule has 1 saturated carbocycles. The Morgan fingerprint density at radius 2 is 2.04 bits per heavy atom. The summed E-state index contributed by atoms with van der Waals surface area (Å²) in [5, 5.41) is 7.77. The van der Waals surface area contributed by atoms with Crippen molar-refractivity contribution in [3.63, 3.8) is 0 Å². The number of fused-ring (bicyclic) bond motifs is 1. The van der Waals surface area contributed by atoms with Gasteiger partial charge in [-0.1, -0.05) is 37.6 Å². The predicted octanol–water partition coefficient (Wildman–Crippen LogP) is 3.29. The van der Waals surface area contributed by atoms with E-state index in [4.69, 9.17) is 0 Å². The third-order valence-corrected chi connectivity index (χ3v) is 5.47. The topological polar surface area (TPSA) is 92.7 Å². The van der Waals surface area contributed by atoms with E-state index in [-0.39, 0.29) is 28.7 Å². The molecule has 2 unspecified atom stereocenters. The molecule has 7 nitrogen and oxygen atoms in total. The molecule has 1 fully saturated rings. The molecule has 1 amide bonds. The van der Waals surface area contributed by atoms with Gasteiger partial charge < -0.3 is 10.3 Å². The van der Waals surface area contributed by atoms with E-state index in [0.29, 0.717) is 22.4 Å². The van der Waals surface area contributed by atoms with E-state index >= 15 is 0 Å². The second kappa shape index (κ2) is 6.44. The maximum Gasteiger partial charge on any atom is 0.261 e. The Labute approximate surface area is 162 Å². The maximum absolute atomic E-state index is 13.0. The maximum atomic E-state index is 13.0. The van der Waals surface area contributed by atoms with Crippen molar-refractivity contribution in [1.29, 1.82) is 0 Å². The van der Waals surface area contributed by atoms with E-state index in [9.17, 15) is 9.59 Å². The van der Waals surface area contributed by atoms with Crippen molar-refractivity contribution in [2.45, 2.75) is 27.7 Å². The summed E-state index contributed by atoms with van der Waals surface area (Å²) in [6.45, 7) is 8.33. The van der Waals surface area contributed by atoms with Crippen LogP contribution in [0, 0.1) is 17.3 Å². The zero-order valence-electron chi connectivity index (χ0n) is 16.4. The first-order chi connectivity index (χ1) is 13.3. The molecule has 2 heterocycles. The average Bonchev–Trinajstić information content (AvgIpc) is 2.98. The minimum atomic E-state index is -0.248. The Balaban J connectivity index is 1.68. The standard InChI is InChI=1S/C21H23N5O2/c1-12(2)9-14-17(21(14,3)4)20(28)25-15-7-5-6-8-16(15)26-18-13(10-24-26)19(27)23-11-22-18/h5-11,14,17H,1-4H3,(H,25,28)(H,22,23,27). The molecule has 0 radical (unpaired) electrons. The molecule has 2 aromatic heterocycles. The quantitative estimate of drug-likeness (QED) is 0.683. The summed E-state index contributed by atoms with van der Waals surface area (Å²) in [5.74, 6) is 0.142. The number of anilines is 1. The number of allylic oxidation sites excluding steroid dienone is 2. The highest BCUT2D eigenvalue weighted by Gasteiger charge is 2.60. The molecule has 0 saturated heterocycles. The Morgan fingerprint density at radius 1 is 1.29 bits per heavy atom. The molecular weight excluding hydrogens is 354 g/mol. The summed E-state index contributed by atoms with van der Waals surface area (Å²) in [6.07, 6.45) is 5.00. The third-order valence-electron chi connectivity index (χ3n) is 5.47. The lowest BCUT2D eigenvalue weighted by atomic mass is 10.1. The van der Waals surface area contributed by atoms with Gasteiger partial charge in [-0.3, -0.25) is 9.59 Å². The van der Waals surface area contributed by atoms with Crippen LogP contribution in [0.2, 0.25) is 0 Å². The second-order valence-electron chi connectivity index (χ2n) is 8.10. The van der Waals surface area contributed by atoms with Crippen LogP contribution in [0.15, 0.2) is 53.2 Å². The van der Waals surface area contributed by atoms with Gasteiger partial charge in [0.05, 0.1) is 29.8 Å². The minimum absolute atomic E-state index is 0.0118. The van der Waals surface area contributed by atoms with Crippen LogP contribution >= 0.6 is 0 Å². The number of rotatable bonds is 4. The van der Waals surface area contributed by atoms with Crippen molar-refractivity contribution in [1.82, 2.24) is 19.7 Å². The summed E-state index contributed by atoms with van der Waals surface area (Å²) in [7, 11) is 0. The zero-order chi connectivity index (χ0) is 20.1. The number of H-pyrrole nitrogens is 1. The van der Waals surface area contributed by atoms with Gasteiger partial charge in [0, 0.05) is 0 Å². The molecule has 28 heavy (non-hydrogen) atoms. The van der Waals surface area contributed by atoms with E-state index in [2.05, 4.69) is 54.2 Å². The van der Waals surface area contributed by atoms with Gasteiger partial charge >= 0.3 is 0 Å². The number of benzene rings is 1. The third kappa shape index (κ3) is 2.93. The summed E-state index contributed by atoms with van der Waals surface area (Å²) in [6, 6.07) is 7.39. The van der Waals surface area contributed by atoms with Crippen LogP contribution in [0.4, 0.5) is 5.69 Å². The molecule has 3 aromatic rings. The molecule has 1 aromatic carbocycles. The zero-order valence-corrected chi connectivity index (χ0v) is 16.4. The van der Waals surface area contributed by atoms with Crippen LogP contribution in [-0.2, 0) is 4.79 Å². The fourth-order valence-corrected chi connectivity index (χ4v) is 3.86. The van der Waals surface area contributed by atoms with Crippen molar-refractivity contribution >= 4 is 22.6 Å². The number of nitrogens with zero attached hydrogens (tertiary/aromatic N) is 3. The lowest BCUT2D eigenvalue weighted by molar-refractivity contribution is -0.118. The van der Waals surface area contributed by atoms with Gasteiger partial charge in [0.25, 0.3) is 5.56 Å².